The van der Waals surface area contributed by atoms with Crippen LogP contribution in [-0.2, 0) is 11.2 Å². The van der Waals surface area contributed by atoms with Gasteiger partial charge in [-0.3, -0.25) is 15.0 Å². The first-order valence-corrected chi connectivity index (χ1v) is 10.1. The largest absolute Gasteiger partial charge is 0.457 e. The Kier molecular flexibility index (Phi) is 6.40. The molecule has 1 N–H and O–H groups in total. The molecule has 0 amide bonds. The molecule has 4 rings (SSSR count). The van der Waals surface area contributed by atoms with Gasteiger partial charge < -0.3 is 14.8 Å². The lowest BCUT2D eigenvalue weighted by atomic mass is 10.0. The number of pyridine rings is 1. The molecule has 8 heteroatoms. The third-order valence-corrected chi connectivity index (χ3v) is 5.24. The number of aromatic nitrogens is 1. The zero-order chi connectivity index (χ0) is 21.6. The van der Waals surface area contributed by atoms with Crippen LogP contribution in [-0.4, -0.2) is 47.7 Å². The summed E-state index contributed by atoms with van der Waals surface area (Å²) < 4.78 is 11.5. The van der Waals surface area contributed by atoms with Crippen molar-refractivity contribution in [2.24, 2.45) is 0 Å². The molecule has 0 bridgehead atoms. The number of nitrogens with one attached hydrogen (secondary N) is 1. The van der Waals surface area contributed by atoms with E-state index in [2.05, 4.69) is 34.4 Å². The van der Waals surface area contributed by atoms with Crippen LogP contribution in [0.4, 0.5) is 17.2 Å². The molecule has 1 fully saturated rings. The van der Waals surface area contributed by atoms with Crippen molar-refractivity contribution in [1.82, 2.24) is 9.88 Å². The van der Waals surface area contributed by atoms with Crippen LogP contribution in [0.2, 0.25) is 0 Å². The minimum absolute atomic E-state index is 0.0422. The van der Waals surface area contributed by atoms with Crippen LogP contribution in [0.25, 0.3) is 0 Å². The van der Waals surface area contributed by atoms with Crippen molar-refractivity contribution in [3.8, 4) is 11.5 Å². The van der Waals surface area contributed by atoms with Crippen molar-refractivity contribution in [2.45, 2.75) is 12.5 Å². The Hall–Kier alpha value is -3.49. The summed E-state index contributed by atoms with van der Waals surface area (Å²) in [5.41, 5.74) is 2.02. The van der Waals surface area contributed by atoms with E-state index in [1.807, 2.05) is 36.4 Å². The zero-order valence-corrected chi connectivity index (χ0v) is 17.2. The zero-order valence-electron chi connectivity index (χ0n) is 17.2. The molecule has 1 aliphatic heterocycles. The number of hydrogen-bond acceptors (Lipinski definition) is 7. The molecule has 0 saturated carbocycles. The summed E-state index contributed by atoms with van der Waals surface area (Å²) in [4.78, 5) is 16.6. The summed E-state index contributed by atoms with van der Waals surface area (Å²) in [6.45, 7) is 2.54. The number of nitro groups is 1. The number of likely N-dealkylation sites (N-methyl/N-ethyl adjacent to an activating group) is 1. The predicted octanol–water partition coefficient (Wildman–Crippen LogP) is 4.40. The fourth-order valence-corrected chi connectivity index (χ4v) is 3.38. The Bertz CT molecular complexity index is 1010. The number of morpholine rings is 1. The van der Waals surface area contributed by atoms with Gasteiger partial charge in [-0.15, -0.1) is 0 Å². The van der Waals surface area contributed by atoms with Crippen LogP contribution in [0.1, 0.15) is 5.56 Å². The molecule has 2 aromatic carbocycles. The number of ether oxygens (including phenoxy) is 2. The molecular weight excluding hydrogens is 396 g/mol. The van der Waals surface area contributed by atoms with Crippen LogP contribution in [0.15, 0.2) is 66.9 Å². The van der Waals surface area contributed by atoms with E-state index < -0.39 is 4.92 Å². The quantitative estimate of drug-likeness (QED) is 0.448. The second-order valence-electron chi connectivity index (χ2n) is 7.47. The van der Waals surface area contributed by atoms with Gasteiger partial charge in [0.25, 0.3) is 5.69 Å². The van der Waals surface area contributed by atoms with Gasteiger partial charge in [-0.25, -0.2) is 4.98 Å². The summed E-state index contributed by atoms with van der Waals surface area (Å²) >= 11 is 0. The van der Waals surface area contributed by atoms with Crippen LogP contribution < -0.4 is 10.1 Å². The van der Waals surface area contributed by atoms with Crippen LogP contribution in [0.3, 0.4) is 0 Å². The Morgan fingerprint density at radius 3 is 2.45 bits per heavy atom. The van der Waals surface area contributed by atoms with E-state index in [9.17, 15) is 10.1 Å². The smallest absolute Gasteiger partial charge is 0.287 e. The van der Waals surface area contributed by atoms with E-state index in [0.717, 1.165) is 43.4 Å². The molecule has 0 aliphatic carbocycles. The molecule has 3 aromatic rings. The first-order valence-electron chi connectivity index (χ1n) is 10.1. The van der Waals surface area contributed by atoms with Crippen LogP contribution >= 0.6 is 0 Å². The van der Waals surface area contributed by atoms with E-state index >= 15 is 0 Å². The highest BCUT2D eigenvalue weighted by Crippen LogP contribution is 2.25. The number of benzene rings is 2. The number of anilines is 2. The van der Waals surface area contributed by atoms with E-state index in [4.69, 9.17) is 9.47 Å². The summed E-state index contributed by atoms with van der Waals surface area (Å²) in [5, 5.41) is 13.8. The molecule has 0 spiro atoms. The maximum atomic E-state index is 10.7. The Balaban J connectivity index is 1.32. The molecule has 1 aliphatic rings. The molecule has 1 aromatic heterocycles. The Morgan fingerprint density at radius 2 is 1.84 bits per heavy atom. The van der Waals surface area contributed by atoms with Gasteiger partial charge in [0.2, 0.25) is 0 Å². The monoisotopic (exact) mass is 420 g/mol. The van der Waals surface area contributed by atoms with Crippen molar-refractivity contribution in [1.29, 1.82) is 0 Å². The highest BCUT2D eigenvalue weighted by Gasteiger charge is 2.19. The van der Waals surface area contributed by atoms with E-state index in [1.165, 1.54) is 17.8 Å². The van der Waals surface area contributed by atoms with E-state index in [0.29, 0.717) is 11.9 Å². The van der Waals surface area contributed by atoms with Gasteiger partial charge >= 0.3 is 0 Å². The summed E-state index contributed by atoms with van der Waals surface area (Å²) in [5.74, 6) is 2.02. The van der Waals surface area contributed by atoms with Gasteiger partial charge in [0, 0.05) is 24.3 Å². The highest BCUT2D eigenvalue weighted by atomic mass is 16.6. The summed E-state index contributed by atoms with van der Waals surface area (Å²) in [7, 11) is 2.14. The van der Waals surface area contributed by atoms with E-state index in [1.54, 1.807) is 6.07 Å². The van der Waals surface area contributed by atoms with Crippen molar-refractivity contribution >= 4 is 17.2 Å². The number of hydrogen-bond donors (Lipinski definition) is 1. The van der Waals surface area contributed by atoms with Gasteiger partial charge in [0.15, 0.2) is 0 Å². The molecule has 1 saturated heterocycles. The second-order valence-corrected chi connectivity index (χ2v) is 7.47. The van der Waals surface area contributed by atoms with Crippen LogP contribution in [0, 0.1) is 10.1 Å². The predicted molar refractivity (Wildman–Crippen MR) is 118 cm³/mol. The molecule has 1 atom stereocenters. The first kappa shape index (κ1) is 20.8. The first-order chi connectivity index (χ1) is 15.1. The lowest BCUT2D eigenvalue weighted by Crippen LogP contribution is -2.43. The van der Waals surface area contributed by atoms with Crippen molar-refractivity contribution in [2.75, 3.05) is 32.1 Å². The van der Waals surface area contributed by atoms with Gasteiger partial charge in [-0.2, -0.15) is 0 Å². The topological polar surface area (TPSA) is 89.8 Å². The SMILES string of the molecule is CN1CCOCC1Cc1ccc(Oc2ccc(Nc3ccc([N+](=O)[O-])cn3)cc2)cc1. The average molecular weight is 420 g/mol. The standard InChI is InChI=1S/C23H24N4O4/c1-26-12-13-30-16-20(26)14-17-2-7-21(8-3-17)31-22-9-4-18(5-10-22)25-23-11-6-19(15-24-23)27(28)29/h2-11,15,20H,12-14,16H2,1H3,(H,24,25). The van der Waals surface area contributed by atoms with Crippen molar-refractivity contribution < 1.29 is 14.4 Å². The second kappa shape index (κ2) is 9.55. The van der Waals surface area contributed by atoms with E-state index in [-0.39, 0.29) is 5.69 Å². The molecule has 31 heavy (non-hydrogen) atoms. The normalized spacial score (nSPS) is 16.6. The summed E-state index contributed by atoms with van der Waals surface area (Å²) in [6.07, 6.45) is 2.18. The minimum Gasteiger partial charge on any atom is -0.457 e. The molecule has 2 heterocycles. The van der Waals surface area contributed by atoms with Gasteiger partial charge in [0.1, 0.15) is 23.5 Å². The highest BCUT2D eigenvalue weighted by molar-refractivity contribution is 5.58. The molecule has 1 unspecified atom stereocenters. The number of rotatable bonds is 7. The van der Waals surface area contributed by atoms with Crippen molar-refractivity contribution in [3.63, 3.8) is 0 Å². The lowest BCUT2D eigenvalue weighted by molar-refractivity contribution is -0.385. The Labute approximate surface area is 180 Å². The fourth-order valence-electron chi connectivity index (χ4n) is 3.38. The third-order valence-electron chi connectivity index (χ3n) is 5.24. The van der Waals surface area contributed by atoms with Crippen LogP contribution in [0.5, 0.6) is 11.5 Å². The minimum atomic E-state index is -0.474. The maximum Gasteiger partial charge on any atom is 0.287 e. The van der Waals surface area contributed by atoms with Gasteiger partial charge in [-0.1, -0.05) is 12.1 Å². The fraction of sp³-hybridized carbons (Fsp3) is 0.261. The molecule has 8 nitrogen and oxygen atoms in total. The number of nitrogens with zero attached hydrogens (tertiary/aromatic N) is 3. The van der Waals surface area contributed by atoms with Crippen molar-refractivity contribution in [3.05, 3.63) is 82.5 Å². The molecule has 160 valence electrons. The third kappa shape index (κ3) is 5.56. The van der Waals surface area contributed by atoms with Gasteiger partial charge in [0.05, 0.1) is 18.1 Å². The van der Waals surface area contributed by atoms with Gasteiger partial charge in [-0.05, 0) is 61.5 Å². The molecular formula is C23H24N4O4. The molecule has 0 radical (unpaired) electrons. The lowest BCUT2D eigenvalue weighted by Gasteiger charge is -2.32. The summed E-state index contributed by atoms with van der Waals surface area (Å²) in [6, 6.07) is 19.0. The Morgan fingerprint density at radius 1 is 1.13 bits per heavy atom. The maximum absolute atomic E-state index is 10.7. The average Bonchev–Trinajstić information content (AvgIpc) is 2.78.